The van der Waals surface area contributed by atoms with Crippen LogP contribution in [0.5, 0.6) is 0 Å². The molecule has 4 aromatic rings. The van der Waals surface area contributed by atoms with Crippen molar-refractivity contribution < 1.29 is 0 Å². The Morgan fingerprint density at radius 2 is 2.00 bits per heavy atom. The Kier molecular flexibility index (Phi) is 3.87. The van der Waals surface area contributed by atoms with E-state index in [1.54, 1.807) is 0 Å². The molecule has 0 aliphatic heterocycles. The Balaban J connectivity index is 1.53. The highest BCUT2D eigenvalue weighted by molar-refractivity contribution is 5.92. The first-order valence-electron chi connectivity index (χ1n) is 8.32. The predicted molar refractivity (Wildman–Crippen MR) is 96.8 cm³/mol. The molecule has 3 aromatic heterocycles. The van der Waals surface area contributed by atoms with Crippen LogP contribution in [-0.4, -0.2) is 19.7 Å². The molecule has 3 heterocycles. The highest BCUT2D eigenvalue weighted by atomic mass is 15.3. The third-order valence-electron chi connectivity index (χ3n) is 4.52. The Bertz CT molecular complexity index is 936. The minimum Gasteiger partial charge on any atom is -0.346 e. The summed E-state index contributed by atoms with van der Waals surface area (Å²) in [6, 6.07) is 15.1. The lowest BCUT2D eigenvalue weighted by Crippen LogP contribution is -2.06. The van der Waals surface area contributed by atoms with Gasteiger partial charge in [0.25, 0.3) is 0 Å². The Morgan fingerprint density at radius 3 is 2.88 bits per heavy atom. The van der Waals surface area contributed by atoms with Crippen LogP contribution in [0.4, 0.5) is 0 Å². The van der Waals surface area contributed by atoms with Crippen molar-refractivity contribution in [2.24, 2.45) is 0 Å². The van der Waals surface area contributed by atoms with Crippen LogP contribution in [-0.2, 0) is 6.42 Å². The second-order valence-corrected chi connectivity index (χ2v) is 6.18. The standard InChI is InChI=1S/C20H20N4/c1-15(7-8-16-5-3-2-4-6-16)24-14-17(13-23-24)18-9-11-21-20-19(18)10-12-22-20/h2-6,9-15H,7-8H2,1H3,(H,21,22). The molecule has 4 rings (SSSR count). The first-order chi connectivity index (χ1) is 11.8. The van der Waals surface area contributed by atoms with Crippen molar-refractivity contribution in [3.05, 3.63) is 72.8 Å². The Hall–Kier alpha value is -2.88. The lowest BCUT2D eigenvalue weighted by atomic mass is 10.1. The highest BCUT2D eigenvalue weighted by Gasteiger charge is 2.11. The van der Waals surface area contributed by atoms with E-state index >= 15 is 0 Å². The van der Waals surface area contributed by atoms with Gasteiger partial charge in [0, 0.05) is 35.6 Å². The van der Waals surface area contributed by atoms with Gasteiger partial charge in [-0.2, -0.15) is 5.10 Å². The average molecular weight is 316 g/mol. The topological polar surface area (TPSA) is 46.5 Å². The number of rotatable bonds is 5. The second kappa shape index (κ2) is 6.32. The summed E-state index contributed by atoms with van der Waals surface area (Å²) >= 11 is 0. The van der Waals surface area contributed by atoms with Crippen LogP contribution in [0.3, 0.4) is 0 Å². The van der Waals surface area contributed by atoms with Crippen molar-refractivity contribution in [2.45, 2.75) is 25.8 Å². The lowest BCUT2D eigenvalue weighted by molar-refractivity contribution is 0.460. The van der Waals surface area contributed by atoms with E-state index in [4.69, 9.17) is 0 Å². The van der Waals surface area contributed by atoms with Crippen molar-refractivity contribution >= 4 is 11.0 Å². The van der Waals surface area contributed by atoms with Gasteiger partial charge in [-0.1, -0.05) is 30.3 Å². The van der Waals surface area contributed by atoms with Crippen molar-refractivity contribution in [2.75, 3.05) is 0 Å². The molecule has 4 heteroatoms. The van der Waals surface area contributed by atoms with Crippen molar-refractivity contribution in [3.8, 4) is 11.1 Å². The normalized spacial score (nSPS) is 12.5. The third-order valence-corrected chi connectivity index (χ3v) is 4.52. The number of benzene rings is 1. The maximum atomic E-state index is 4.58. The molecule has 1 atom stereocenters. The molecule has 0 spiro atoms. The lowest BCUT2D eigenvalue weighted by Gasteiger charge is -2.12. The molecule has 0 saturated carbocycles. The van der Waals surface area contributed by atoms with Gasteiger partial charge < -0.3 is 4.98 Å². The fourth-order valence-electron chi connectivity index (χ4n) is 3.08. The quantitative estimate of drug-likeness (QED) is 0.584. The fraction of sp³-hybridized carbons (Fsp3) is 0.200. The number of hydrogen-bond donors (Lipinski definition) is 1. The summed E-state index contributed by atoms with van der Waals surface area (Å²) in [4.78, 5) is 7.51. The van der Waals surface area contributed by atoms with E-state index in [0.29, 0.717) is 6.04 Å². The van der Waals surface area contributed by atoms with Crippen LogP contribution >= 0.6 is 0 Å². The number of hydrogen-bond acceptors (Lipinski definition) is 2. The molecule has 1 aromatic carbocycles. The number of nitrogens with one attached hydrogen (secondary N) is 1. The van der Waals surface area contributed by atoms with Crippen LogP contribution in [0.1, 0.15) is 24.9 Å². The molecule has 0 bridgehead atoms. The maximum absolute atomic E-state index is 4.58. The van der Waals surface area contributed by atoms with Crippen LogP contribution in [0.25, 0.3) is 22.2 Å². The van der Waals surface area contributed by atoms with Gasteiger partial charge in [-0.25, -0.2) is 4.98 Å². The number of aromatic nitrogens is 4. The van der Waals surface area contributed by atoms with E-state index in [1.165, 1.54) is 11.1 Å². The highest BCUT2D eigenvalue weighted by Crippen LogP contribution is 2.27. The van der Waals surface area contributed by atoms with Crippen molar-refractivity contribution in [3.63, 3.8) is 0 Å². The van der Waals surface area contributed by atoms with Crippen LogP contribution in [0, 0.1) is 0 Å². The molecule has 0 radical (unpaired) electrons. The molecule has 1 unspecified atom stereocenters. The predicted octanol–water partition coefficient (Wildman–Crippen LogP) is 4.62. The maximum Gasteiger partial charge on any atom is 0.137 e. The van der Waals surface area contributed by atoms with Crippen LogP contribution in [0.15, 0.2) is 67.3 Å². The molecule has 0 aliphatic rings. The van der Waals surface area contributed by atoms with Gasteiger partial charge in [-0.3, -0.25) is 4.68 Å². The van der Waals surface area contributed by atoms with Gasteiger partial charge in [0.1, 0.15) is 5.65 Å². The van der Waals surface area contributed by atoms with Crippen LogP contribution < -0.4 is 0 Å². The van der Waals surface area contributed by atoms with Gasteiger partial charge in [0.05, 0.1) is 6.20 Å². The average Bonchev–Trinajstić information content (AvgIpc) is 3.29. The van der Waals surface area contributed by atoms with E-state index in [9.17, 15) is 0 Å². The van der Waals surface area contributed by atoms with E-state index < -0.39 is 0 Å². The van der Waals surface area contributed by atoms with Gasteiger partial charge in [-0.05, 0) is 43.0 Å². The van der Waals surface area contributed by atoms with Gasteiger partial charge >= 0.3 is 0 Å². The molecule has 0 amide bonds. The molecule has 4 nitrogen and oxygen atoms in total. The van der Waals surface area contributed by atoms with E-state index in [2.05, 4.69) is 69.3 Å². The van der Waals surface area contributed by atoms with E-state index in [-0.39, 0.29) is 0 Å². The minimum absolute atomic E-state index is 0.363. The molecule has 1 N–H and O–H groups in total. The summed E-state index contributed by atoms with van der Waals surface area (Å²) in [5, 5.41) is 5.72. The first-order valence-corrected chi connectivity index (χ1v) is 8.32. The monoisotopic (exact) mass is 316 g/mol. The minimum atomic E-state index is 0.363. The summed E-state index contributed by atoms with van der Waals surface area (Å²) in [5.41, 5.74) is 4.59. The van der Waals surface area contributed by atoms with E-state index in [1.807, 2.05) is 24.7 Å². The van der Waals surface area contributed by atoms with Crippen molar-refractivity contribution in [1.82, 2.24) is 19.7 Å². The SMILES string of the molecule is CC(CCc1ccccc1)n1cc(-c2ccnc3[nH]ccc23)cn1. The van der Waals surface area contributed by atoms with Gasteiger partial charge in [0.15, 0.2) is 0 Å². The second-order valence-electron chi connectivity index (χ2n) is 6.18. The Labute approximate surface area is 141 Å². The first kappa shape index (κ1) is 14.7. The van der Waals surface area contributed by atoms with Gasteiger partial charge in [0.2, 0.25) is 0 Å². The summed E-state index contributed by atoms with van der Waals surface area (Å²) in [6.07, 6.45) is 9.98. The molecule has 0 fully saturated rings. The fourth-order valence-corrected chi connectivity index (χ4v) is 3.08. The molecule has 120 valence electrons. The number of nitrogens with zero attached hydrogens (tertiary/aromatic N) is 3. The zero-order valence-electron chi connectivity index (χ0n) is 13.7. The molecule has 0 aliphatic carbocycles. The Morgan fingerprint density at radius 1 is 1.12 bits per heavy atom. The largest absolute Gasteiger partial charge is 0.346 e. The number of fused-ring (bicyclic) bond motifs is 1. The summed E-state index contributed by atoms with van der Waals surface area (Å²) in [5.74, 6) is 0. The number of H-pyrrole nitrogens is 1. The van der Waals surface area contributed by atoms with E-state index in [0.717, 1.165) is 29.4 Å². The molecular formula is C20H20N4. The molecule has 24 heavy (non-hydrogen) atoms. The van der Waals surface area contributed by atoms with Crippen molar-refractivity contribution in [1.29, 1.82) is 0 Å². The number of pyridine rings is 1. The molecule has 0 saturated heterocycles. The number of aromatic amines is 1. The number of aryl methyl sites for hydroxylation is 1. The van der Waals surface area contributed by atoms with Crippen LogP contribution in [0.2, 0.25) is 0 Å². The molecular weight excluding hydrogens is 296 g/mol. The smallest absolute Gasteiger partial charge is 0.137 e. The summed E-state index contributed by atoms with van der Waals surface area (Å²) in [7, 11) is 0. The summed E-state index contributed by atoms with van der Waals surface area (Å²) in [6.45, 7) is 2.22. The summed E-state index contributed by atoms with van der Waals surface area (Å²) < 4.78 is 2.07. The zero-order chi connectivity index (χ0) is 16.4. The third kappa shape index (κ3) is 2.83. The zero-order valence-corrected chi connectivity index (χ0v) is 13.7. The van der Waals surface area contributed by atoms with Gasteiger partial charge in [-0.15, -0.1) is 0 Å².